The standard InChI is InChI=1S/C21H21NO5.C21H23NO3.C16H20O4.C16H20O3.C15H18O4.C13H14O4.C11H12O2/c1-2-27-20(23)12-8-15-3-4-17-13-16(7-11-19(17)21(15)24)14-5-9-18(10-6-14)22(25)26;1-2-25-20(23)12-8-15-3-4-17-13-16(7-11-19(17)21(15)24)14-5-9-18(22)10-6-14;1-3-20-15(17)9-6-11-4-5-12-10-13(19-2)7-8-14(12)16(11)18;1-3-19-15(17)9-7-12-5-6-13-10-11(2)4-8-14(13)16(12)18;1-2-19-14(17)8-5-10-3-4-11-9-12(16)6-7-13(11)15(10)18;14-10-4-5-11-9(7-10)2-1-8(13(11)17)3-6-12(15)16;1-13-9-5-6-10-8(7-9)3-2-4-11(10)12/h5-7,9-11,13,15H,2-4,8,12H2,1H3;5-7,9-11,13,15H,2-4,8,12,22H2,1H3;7-8,10-11H,3-6,9H2,1-2H3;4,8,10,12H,3,5-7,9H2,1-2H3;6-7,9-10,16H,2-5,8H2,1H3;4-5,7-8,14H,1-3,6H2,(H,15,16);5-7H,2-4H2,1H3. The maximum atomic E-state index is 12.7. The molecule has 0 fully saturated rings. The van der Waals surface area contributed by atoms with Crippen LogP contribution in [0.3, 0.4) is 0 Å². The number of carbonyl (C=O) groups is 13. The van der Waals surface area contributed by atoms with Gasteiger partial charge in [0.05, 0.1) is 52.2 Å². The van der Waals surface area contributed by atoms with Gasteiger partial charge in [-0.2, -0.15) is 0 Å². The van der Waals surface area contributed by atoms with Gasteiger partial charge >= 0.3 is 35.8 Å². The number of anilines is 1. The summed E-state index contributed by atoms with van der Waals surface area (Å²) in [7, 11) is 3.26. The third kappa shape index (κ3) is 30.9. The molecule has 7 aliphatic rings. The molecule has 6 unspecified atom stereocenters. The number of hydrogen-bond donors (Lipinski definition) is 4. The number of ether oxygens (including phenoxy) is 7. The highest BCUT2D eigenvalue weighted by molar-refractivity contribution is 6.05. The molecule has 0 bridgehead atoms. The van der Waals surface area contributed by atoms with E-state index in [-0.39, 0.29) is 142 Å². The molecule has 0 amide bonds. The van der Waals surface area contributed by atoms with Crippen molar-refractivity contribution in [2.24, 2.45) is 35.5 Å². The van der Waals surface area contributed by atoms with Crippen molar-refractivity contribution in [2.75, 3.05) is 53.0 Å². The second-order valence-corrected chi connectivity index (χ2v) is 35.6. The number of carboxylic acid groups (broad SMARTS) is 1. The molecule has 0 aliphatic heterocycles. The summed E-state index contributed by atoms with van der Waals surface area (Å²) in [6.07, 6.45) is 16.8. The number of aliphatic carboxylic acids is 1. The van der Waals surface area contributed by atoms with Gasteiger partial charge in [0.25, 0.3) is 5.69 Å². The molecule has 9 aromatic carbocycles. The number of nitrogen functional groups attached to an aromatic ring is 1. The van der Waals surface area contributed by atoms with E-state index in [9.17, 15) is 82.7 Å². The summed E-state index contributed by atoms with van der Waals surface area (Å²) >= 11 is 0. The van der Waals surface area contributed by atoms with E-state index in [2.05, 4.69) is 12.1 Å². The zero-order valence-corrected chi connectivity index (χ0v) is 81.2. The van der Waals surface area contributed by atoms with E-state index in [1.165, 1.54) is 29.8 Å². The lowest BCUT2D eigenvalue weighted by Crippen LogP contribution is -2.23. The fraction of sp³-hybridized carbons (Fsp3) is 0.407. The number of carbonyl (C=O) groups excluding carboxylic acids is 12. The number of benzene rings is 9. The second kappa shape index (κ2) is 53.7. The van der Waals surface area contributed by atoms with Gasteiger partial charge in [-0.1, -0.05) is 72.3 Å². The Morgan fingerprint density at radius 1 is 0.336 bits per heavy atom. The minimum Gasteiger partial charge on any atom is -0.508 e. The van der Waals surface area contributed by atoms with Crippen LogP contribution in [0.4, 0.5) is 11.4 Å². The summed E-state index contributed by atoms with van der Waals surface area (Å²) in [5.74, 6) is 0.232. The van der Waals surface area contributed by atoms with Gasteiger partial charge in [-0.05, 0) is 328 Å². The number of ketones is 7. The van der Waals surface area contributed by atoms with Crippen LogP contribution in [-0.2, 0) is 97.4 Å². The number of nitrogens with zero attached hydrogens (tertiary/aromatic N) is 1. The van der Waals surface area contributed by atoms with Crippen LogP contribution in [0.15, 0.2) is 176 Å². The van der Waals surface area contributed by atoms with Crippen LogP contribution in [-0.4, -0.2) is 144 Å². The van der Waals surface area contributed by atoms with Crippen LogP contribution < -0.4 is 15.2 Å². The van der Waals surface area contributed by atoms with Crippen LogP contribution in [0.2, 0.25) is 0 Å². The number of esters is 5. The van der Waals surface area contributed by atoms with Gasteiger partial charge in [0, 0.05) is 137 Å². The van der Waals surface area contributed by atoms with E-state index >= 15 is 0 Å². The molecule has 27 heteroatoms. The number of carboxylic acids is 1. The summed E-state index contributed by atoms with van der Waals surface area (Å²) in [5, 5.41) is 38.1. The molecule has 27 nitrogen and oxygen atoms in total. The van der Waals surface area contributed by atoms with Crippen molar-refractivity contribution < 1.29 is 116 Å². The number of rotatable bonds is 28. The fourth-order valence-corrected chi connectivity index (χ4v) is 18.7. The molecule has 7 aliphatic carbocycles. The molecule has 16 rings (SSSR count). The number of Topliss-reactive ketones (excluding diaryl/α,β-unsaturated/α-hetero) is 7. The van der Waals surface area contributed by atoms with Gasteiger partial charge in [0.15, 0.2) is 40.5 Å². The quantitative estimate of drug-likeness (QED) is 0.0116. The Morgan fingerprint density at radius 3 is 0.929 bits per heavy atom. The van der Waals surface area contributed by atoms with E-state index in [0.717, 1.165) is 184 Å². The molecule has 0 aromatic heterocycles. The predicted molar refractivity (Wildman–Crippen MR) is 529 cm³/mol. The van der Waals surface area contributed by atoms with E-state index in [1.54, 1.807) is 85.2 Å². The lowest BCUT2D eigenvalue weighted by molar-refractivity contribution is -0.384. The number of phenolic OH excluding ortho intramolecular Hbond substituents is 2. The first-order chi connectivity index (χ1) is 67.3. The van der Waals surface area contributed by atoms with Gasteiger partial charge in [0.2, 0.25) is 0 Å². The number of fused-ring (bicyclic) bond motifs is 7. The van der Waals surface area contributed by atoms with Crippen molar-refractivity contribution in [3.05, 3.63) is 269 Å². The van der Waals surface area contributed by atoms with Crippen LogP contribution >= 0.6 is 0 Å². The maximum absolute atomic E-state index is 12.7. The minimum atomic E-state index is -0.866. The van der Waals surface area contributed by atoms with Gasteiger partial charge in [-0.25, -0.2) is 0 Å². The maximum Gasteiger partial charge on any atom is 0.305 e. The number of hydrogen-bond acceptors (Lipinski definition) is 25. The lowest BCUT2D eigenvalue weighted by Gasteiger charge is -2.23. The molecule has 6 atom stereocenters. The summed E-state index contributed by atoms with van der Waals surface area (Å²) in [4.78, 5) is 164. The smallest absolute Gasteiger partial charge is 0.305 e. The number of non-ortho nitro benzene ring substituents is 1. The zero-order valence-electron chi connectivity index (χ0n) is 81.2. The van der Waals surface area contributed by atoms with Crippen molar-refractivity contribution in [1.29, 1.82) is 0 Å². The molecule has 0 spiro atoms. The van der Waals surface area contributed by atoms with Crippen molar-refractivity contribution in [1.82, 2.24) is 0 Å². The largest absolute Gasteiger partial charge is 0.508 e. The molecule has 0 saturated carbocycles. The Bertz CT molecular complexity index is 5840. The van der Waals surface area contributed by atoms with Crippen molar-refractivity contribution in [2.45, 2.75) is 215 Å². The Kier molecular flexibility index (Phi) is 41.4. The molecule has 0 radical (unpaired) electrons. The molecule has 0 saturated heterocycles. The third-order valence-corrected chi connectivity index (χ3v) is 26.2. The van der Waals surface area contributed by atoms with Gasteiger partial charge in [-0.15, -0.1) is 0 Å². The second-order valence-electron chi connectivity index (χ2n) is 35.6. The van der Waals surface area contributed by atoms with Crippen molar-refractivity contribution in [3.63, 3.8) is 0 Å². The highest BCUT2D eigenvalue weighted by atomic mass is 16.6. The van der Waals surface area contributed by atoms with E-state index in [0.29, 0.717) is 120 Å². The number of nitro groups is 1. The minimum absolute atomic E-state index is 0.00694. The highest BCUT2D eigenvalue weighted by Crippen LogP contribution is 2.39. The molecule has 140 heavy (non-hydrogen) atoms. The monoisotopic (exact) mass is 1910 g/mol. The summed E-state index contributed by atoms with van der Waals surface area (Å²) < 4.78 is 34.8. The molecular weight excluding hydrogens is 1790 g/mol. The normalized spacial score (nSPS) is 17.1. The summed E-state index contributed by atoms with van der Waals surface area (Å²) in [5.41, 5.74) is 24.2. The first kappa shape index (κ1) is 108. The molecular formula is C113H128N2O25. The van der Waals surface area contributed by atoms with E-state index in [1.807, 2.05) is 110 Å². The van der Waals surface area contributed by atoms with Crippen LogP contribution in [0.5, 0.6) is 23.0 Å². The van der Waals surface area contributed by atoms with Crippen molar-refractivity contribution >= 4 is 87.7 Å². The summed E-state index contributed by atoms with van der Waals surface area (Å²) in [6.45, 7) is 12.8. The lowest BCUT2D eigenvalue weighted by atomic mass is 9.79. The highest BCUT2D eigenvalue weighted by Gasteiger charge is 2.35. The number of aryl methyl sites for hydroxylation is 8. The van der Waals surface area contributed by atoms with E-state index in [4.69, 9.17) is 44.0 Å². The van der Waals surface area contributed by atoms with Crippen LogP contribution in [0.25, 0.3) is 22.3 Å². The SMILES string of the molecule is CCOC(=O)CCC1CCc2cc(-c3ccc(N)cc3)ccc2C1=O.CCOC(=O)CCC1CCc2cc(-c3ccc([N+](=O)[O-])cc3)ccc2C1=O.CCOC(=O)CCC1CCc2cc(C)ccc2C1=O.CCOC(=O)CCC1CCc2cc(O)ccc2C1=O.CCOC(=O)CCC1CCc2cc(OC)ccc2C1=O.COc1ccc2c(c1)CCCC2=O.O=C(O)CCC1CCc2cc(O)ccc2C1=O. The Labute approximate surface area is 817 Å². The van der Waals surface area contributed by atoms with Crippen LogP contribution in [0, 0.1) is 52.5 Å². The number of phenols is 2. The fourth-order valence-electron chi connectivity index (χ4n) is 18.7. The molecule has 5 N–H and O–H groups in total. The average molecular weight is 1910 g/mol. The Morgan fingerprint density at radius 2 is 0.607 bits per heavy atom. The predicted octanol–water partition coefficient (Wildman–Crippen LogP) is 20.9. The Balaban J connectivity index is 0.000000170. The first-order valence-electron chi connectivity index (χ1n) is 48.6. The van der Waals surface area contributed by atoms with Gasteiger partial charge < -0.3 is 54.2 Å². The number of nitrogens with two attached hydrogens (primary N) is 1. The van der Waals surface area contributed by atoms with Gasteiger partial charge in [-0.3, -0.25) is 72.4 Å². The molecule has 740 valence electrons. The number of nitro benzene ring substituents is 1. The molecule has 9 aromatic rings. The number of methoxy groups -OCH3 is 2. The zero-order chi connectivity index (χ0) is 101. The average Bonchev–Trinajstić information content (AvgIpc) is 0.805. The van der Waals surface area contributed by atoms with Gasteiger partial charge in [0.1, 0.15) is 23.0 Å². The summed E-state index contributed by atoms with van der Waals surface area (Å²) in [6, 6.07) is 52.6. The van der Waals surface area contributed by atoms with Crippen molar-refractivity contribution in [3.8, 4) is 45.3 Å². The van der Waals surface area contributed by atoms with Crippen LogP contribution in [0.1, 0.15) is 280 Å². The molecule has 0 heterocycles. The first-order valence-corrected chi connectivity index (χ1v) is 48.6. The van der Waals surface area contributed by atoms with E-state index < -0.39 is 10.9 Å². The third-order valence-electron chi connectivity index (χ3n) is 26.2. The topological polar surface area (TPSA) is 416 Å². The number of aromatic hydroxyl groups is 2. The Hall–Kier alpha value is -14.1.